The maximum atomic E-state index is 12.4. The average molecular weight is 345 g/mol. The Hall–Kier alpha value is -0.970. The number of likely N-dealkylation sites (tertiary alicyclic amines) is 1. The van der Waals surface area contributed by atoms with Crippen LogP contribution in [0.15, 0.2) is 18.2 Å². The van der Waals surface area contributed by atoms with Gasteiger partial charge in [-0.2, -0.15) is 0 Å². The molecule has 0 radical (unpaired) electrons. The molecule has 1 aromatic carbocycles. The molecule has 0 aliphatic carbocycles. The number of halogens is 2. The van der Waals surface area contributed by atoms with E-state index in [-0.39, 0.29) is 5.91 Å². The Morgan fingerprint density at radius 2 is 2.05 bits per heavy atom. The largest absolute Gasteiger partial charge is 0.479 e. The number of hydrogen-bond acceptors (Lipinski definition) is 3. The molecule has 1 amide bonds. The molecule has 0 N–H and O–H groups in total. The number of amides is 1. The Kier molecular flexibility index (Phi) is 6.36. The minimum atomic E-state index is -0.598. The fourth-order valence-electron chi connectivity index (χ4n) is 2.53. The van der Waals surface area contributed by atoms with Gasteiger partial charge in [0.25, 0.3) is 5.91 Å². The van der Waals surface area contributed by atoms with Gasteiger partial charge >= 0.3 is 0 Å². The van der Waals surface area contributed by atoms with E-state index >= 15 is 0 Å². The molecule has 1 saturated heterocycles. The van der Waals surface area contributed by atoms with Gasteiger partial charge in [0.15, 0.2) is 6.10 Å². The number of hydrogen-bond donors (Lipinski definition) is 0. The van der Waals surface area contributed by atoms with E-state index in [0.29, 0.717) is 22.3 Å². The summed E-state index contributed by atoms with van der Waals surface area (Å²) >= 11 is 12.0. The van der Waals surface area contributed by atoms with Crippen LogP contribution < -0.4 is 4.74 Å². The second-order valence-corrected chi connectivity index (χ2v) is 6.41. The van der Waals surface area contributed by atoms with Crippen LogP contribution in [0.1, 0.15) is 19.8 Å². The smallest absolute Gasteiger partial charge is 0.263 e. The quantitative estimate of drug-likeness (QED) is 0.793. The monoisotopic (exact) mass is 344 g/mol. The molecular formula is C16H22Cl2N2O2. The van der Waals surface area contributed by atoms with Crippen molar-refractivity contribution in [3.8, 4) is 5.75 Å². The number of benzene rings is 1. The van der Waals surface area contributed by atoms with Crippen LogP contribution in [0.4, 0.5) is 0 Å². The molecular weight excluding hydrogens is 323 g/mol. The van der Waals surface area contributed by atoms with Crippen molar-refractivity contribution >= 4 is 29.1 Å². The second-order valence-electron chi connectivity index (χ2n) is 5.62. The normalized spacial score (nSPS) is 16.5. The van der Waals surface area contributed by atoms with E-state index in [1.165, 1.54) is 12.8 Å². The average Bonchev–Trinajstić information content (AvgIpc) is 3.02. The van der Waals surface area contributed by atoms with Crippen molar-refractivity contribution < 1.29 is 9.53 Å². The zero-order valence-corrected chi connectivity index (χ0v) is 14.5. The number of carbonyl (C=O) groups is 1. The molecule has 1 aromatic rings. The lowest BCUT2D eigenvalue weighted by Gasteiger charge is -2.24. The number of rotatable bonds is 6. The second kappa shape index (κ2) is 8.04. The summed E-state index contributed by atoms with van der Waals surface area (Å²) < 4.78 is 5.66. The molecule has 1 atom stereocenters. The van der Waals surface area contributed by atoms with Crippen LogP contribution >= 0.6 is 23.2 Å². The van der Waals surface area contributed by atoms with E-state index in [0.717, 1.165) is 19.6 Å². The van der Waals surface area contributed by atoms with Crippen LogP contribution in [0.25, 0.3) is 0 Å². The van der Waals surface area contributed by atoms with Gasteiger partial charge in [-0.3, -0.25) is 4.79 Å². The van der Waals surface area contributed by atoms with Crippen molar-refractivity contribution in [3.05, 3.63) is 28.2 Å². The highest BCUT2D eigenvalue weighted by Crippen LogP contribution is 2.32. The van der Waals surface area contributed by atoms with Gasteiger partial charge in [-0.25, -0.2) is 0 Å². The van der Waals surface area contributed by atoms with Crippen molar-refractivity contribution in [2.45, 2.75) is 25.9 Å². The maximum Gasteiger partial charge on any atom is 0.263 e. The molecule has 1 fully saturated rings. The van der Waals surface area contributed by atoms with Crippen LogP contribution in [0.3, 0.4) is 0 Å². The zero-order valence-electron chi connectivity index (χ0n) is 13.0. The highest BCUT2D eigenvalue weighted by atomic mass is 35.5. The summed E-state index contributed by atoms with van der Waals surface area (Å²) in [6.45, 7) is 5.60. The van der Waals surface area contributed by atoms with Crippen LogP contribution in [0.5, 0.6) is 5.75 Å². The molecule has 1 unspecified atom stereocenters. The summed E-state index contributed by atoms with van der Waals surface area (Å²) in [5.41, 5.74) is 0. The molecule has 2 rings (SSSR count). The summed E-state index contributed by atoms with van der Waals surface area (Å²) in [6.07, 6.45) is 1.91. The molecule has 22 heavy (non-hydrogen) atoms. The SMILES string of the molecule is CC(Oc1cccc(Cl)c1Cl)C(=O)N(C)CCN1CCCC1. The maximum absolute atomic E-state index is 12.4. The van der Waals surface area contributed by atoms with E-state index in [1.54, 1.807) is 37.1 Å². The highest BCUT2D eigenvalue weighted by molar-refractivity contribution is 6.42. The third kappa shape index (κ3) is 4.51. The lowest BCUT2D eigenvalue weighted by atomic mass is 10.3. The Morgan fingerprint density at radius 1 is 1.36 bits per heavy atom. The lowest BCUT2D eigenvalue weighted by Crippen LogP contribution is -2.41. The van der Waals surface area contributed by atoms with Crippen molar-refractivity contribution in [3.63, 3.8) is 0 Å². The molecule has 6 heteroatoms. The molecule has 4 nitrogen and oxygen atoms in total. The van der Waals surface area contributed by atoms with Crippen molar-refractivity contribution in [2.75, 3.05) is 33.2 Å². The van der Waals surface area contributed by atoms with E-state index in [2.05, 4.69) is 4.90 Å². The van der Waals surface area contributed by atoms with Crippen LogP contribution in [0.2, 0.25) is 10.0 Å². The Morgan fingerprint density at radius 3 is 2.73 bits per heavy atom. The number of likely N-dealkylation sites (N-methyl/N-ethyl adjacent to an activating group) is 1. The summed E-state index contributed by atoms with van der Waals surface area (Å²) in [5.74, 6) is 0.373. The first kappa shape index (κ1) is 17.4. The van der Waals surface area contributed by atoms with Gasteiger partial charge in [0.1, 0.15) is 10.8 Å². The van der Waals surface area contributed by atoms with Gasteiger partial charge in [0, 0.05) is 20.1 Å². The first-order valence-corrected chi connectivity index (χ1v) is 8.32. The predicted molar refractivity (Wildman–Crippen MR) is 89.9 cm³/mol. The van der Waals surface area contributed by atoms with Gasteiger partial charge in [-0.15, -0.1) is 0 Å². The molecule has 1 heterocycles. The Balaban J connectivity index is 1.86. The van der Waals surface area contributed by atoms with Gasteiger partial charge in [-0.1, -0.05) is 29.3 Å². The minimum Gasteiger partial charge on any atom is -0.479 e. The molecule has 1 aliphatic rings. The summed E-state index contributed by atoms with van der Waals surface area (Å²) in [5, 5.41) is 0.754. The van der Waals surface area contributed by atoms with Crippen molar-refractivity contribution in [2.24, 2.45) is 0 Å². The standard InChI is InChI=1S/C16H22Cl2N2O2/c1-12(22-14-7-5-6-13(17)15(14)18)16(21)19(2)10-11-20-8-3-4-9-20/h5-7,12H,3-4,8-11H2,1-2H3. The van der Waals surface area contributed by atoms with E-state index in [1.807, 2.05) is 0 Å². The number of carbonyl (C=O) groups excluding carboxylic acids is 1. The van der Waals surface area contributed by atoms with Crippen molar-refractivity contribution in [1.82, 2.24) is 9.80 Å². The van der Waals surface area contributed by atoms with E-state index in [9.17, 15) is 4.79 Å². The fraction of sp³-hybridized carbons (Fsp3) is 0.562. The predicted octanol–water partition coefficient (Wildman–Crippen LogP) is 3.31. The third-order valence-electron chi connectivity index (χ3n) is 3.89. The molecule has 0 bridgehead atoms. The lowest BCUT2D eigenvalue weighted by molar-refractivity contribution is -0.136. The van der Waals surface area contributed by atoms with Crippen LogP contribution in [-0.2, 0) is 4.79 Å². The minimum absolute atomic E-state index is 0.0600. The van der Waals surface area contributed by atoms with Crippen LogP contribution in [-0.4, -0.2) is 55.0 Å². The third-order valence-corrected chi connectivity index (χ3v) is 4.70. The molecule has 0 saturated carbocycles. The van der Waals surface area contributed by atoms with Gasteiger partial charge in [-0.05, 0) is 45.0 Å². The van der Waals surface area contributed by atoms with Crippen molar-refractivity contribution in [1.29, 1.82) is 0 Å². The van der Waals surface area contributed by atoms with E-state index in [4.69, 9.17) is 27.9 Å². The summed E-state index contributed by atoms with van der Waals surface area (Å²) in [4.78, 5) is 16.4. The van der Waals surface area contributed by atoms with Gasteiger partial charge < -0.3 is 14.5 Å². The molecule has 0 aromatic heterocycles. The first-order chi connectivity index (χ1) is 10.5. The Labute approximate surface area is 141 Å². The molecule has 122 valence electrons. The molecule has 1 aliphatic heterocycles. The van der Waals surface area contributed by atoms with Gasteiger partial charge in [0.2, 0.25) is 0 Å². The summed E-state index contributed by atoms with van der Waals surface area (Å²) in [6, 6.07) is 5.14. The fourth-order valence-corrected chi connectivity index (χ4v) is 2.87. The van der Waals surface area contributed by atoms with E-state index < -0.39 is 6.10 Å². The zero-order chi connectivity index (χ0) is 16.1. The topological polar surface area (TPSA) is 32.8 Å². The van der Waals surface area contributed by atoms with Crippen LogP contribution in [0, 0.1) is 0 Å². The summed E-state index contributed by atoms with van der Waals surface area (Å²) in [7, 11) is 1.80. The first-order valence-electron chi connectivity index (χ1n) is 7.57. The molecule has 0 spiro atoms. The number of ether oxygens (including phenoxy) is 1. The van der Waals surface area contributed by atoms with Gasteiger partial charge in [0.05, 0.1) is 5.02 Å². The Bertz CT molecular complexity index is 519. The highest BCUT2D eigenvalue weighted by Gasteiger charge is 2.21. The number of nitrogens with zero attached hydrogens (tertiary/aromatic N) is 2.